The summed E-state index contributed by atoms with van der Waals surface area (Å²) in [6, 6.07) is 12.3. The fourth-order valence-corrected chi connectivity index (χ4v) is 3.98. The third-order valence-electron chi connectivity index (χ3n) is 3.90. The summed E-state index contributed by atoms with van der Waals surface area (Å²) in [5.74, 6) is 0.875. The number of benzene rings is 2. The lowest BCUT2D eigenvalue weighted by Crippen LogP contribution is -2.32. The van der Waals surface area contributed by atoms with Gasteiger partial charge in [-0.25, -0.2) is 4.90 Å². The Hall–Kier alpha value is -2.18. The molecule has 1 atom stereocenters. The van der Waals surface area contributed by atoms with Crippen LogP contribution in [0.3, 0.4) is 0 Å². The smallest absolute Gasteiger partial charge is 0.293 e. The fraction of sp³-hybridized carbons (Fsp3) is 0.222. The number of rotatable bonds is 5. The summed E-state index contributed by atoms with van der Waals surface area (Å²) in [6.45, 7) is 0. The van der Waals surface area contributed by atoms with Crippen molar-refractivity contribution in [1.82, 2.24) is 0 Å². The highest BCUT2D eigenvalue weighted by Gasteiger charge is 2.41. The van der Waals surface area contributed by atoms with Gasteiger partial charge in [-0.3, -0.25) is 9.59 Å². The topological polar surface area (TPSA) is 55.8 Å². The highest BCUT2D eigenvalue weighted by Crippen LogP contribution is 2.39. The molecule has 5 nitrogen and oxygen atoms in total. The lowest BCUT2D eigenvalue weighted by atomic mass is 10.1. The summed E-state index contributed by atoms with van der Waals surface area (Å²) < 4.78 is 10.7. The van der Waals surface area contributed by atoms with Gasteiger partial charge in [0.2, 0.25) is 5.91 Å². The maximum absolute atomic E-state index is 12.8. The Morgan fingerprint density at radius 1 is 1.08 bits per heavy atom. The number of carbonyl (C=O) groups is 2. The van der Waals surface area contributed by atoms with Crippen molar-refractivity contribution in [3.8, 4) is 11.5 Å². The number of amides is 2. The van der Waals surface area contributed by atoms with E-state index >= 15 is 0 Å². The molecule has 0 N–H and O–H groups in total. The van der Waals surface area contributed by atoms with Crippen LogP contribution < -0.4 is 14.4 Å². The lowest BCUT2D eigenvalue weighted by molar-refractivity contribution is -0.117. The molecule has 7 heteroatoms. The zero-order valence-corrected chi connectivity index (χ0v) is 15.3. The highest BCUT2D eigenvalue weighted by atomic mass is 35.5. The Bertz CT molecular complexity index is 826. The second-order valence-electron chi connectivity index (χ2n) is 5.35. The van der Waals surface area contributed by atoms with E-state index in [0.29, 0.717) is 28.6 Å². The van der Waals surface area contributed by atoms with E-state index in [9.17, 15) is 9.59 Å². The first-order valence-corrected chi connectivity index (χ1v) is 8.81. The average molecular weight is 378 g/mol. The number of hydrogen-bond donors (Lipinski definition) is 0. The Kier molecular flexibility index (Phi) is 5.20. The minimum Gasteiger partial charge on any atom is -0.493 e. The van der Waals surface area contributed by atoms with Crippen LogP contribution in [0.5, 0.6) is 11.5 Å². The fourth-order valence-electron chi connectivity index (χ4n) is 2.75. The van der Waals surface area contributed by atoms with Crippen molar-refractivity contribution in [2.75, 3.05) is 19.1 Å². The van der Waals surface area contributed by atoms with Crippen molar-refractivity contribution in [2.24, 2.45) is 0 Å². The summed E-state index contributed by atoms with van der Waals surface area (Å²) in [5, 5.41) is -0.501. The maximum Gasteiger partial charge on any atom is 0.293 e. The Morgan fingerprint density at radius 2 is 1.84 bits per heavy atom. The van der Waals surface area contributed by atoms with Crippen LogP contribution in [-0.2, 0) is 11.2 Å². The molecule has 1 aliphatic rings. The molecule has 0 saturated carbocycles. The van der Waals surface area contributed by atoms with Gasteiger partial charge in [0, 0.05) is 0 Å². The summed E-state index contributed by atoms with van der Waals surface area (Å²) in [4.78, 5) is 26.3. The van der Waals surface area contributed by atoms with E-state index in [4.69, 9.17) is 21.1 Å². The molecule has 0 spiro atoms. The number of imide groups is 1. The van der Waals surface area contributed by atoms with Gasteiger partial charge in [-0.05, 0) is 30.2 Å². The molecular formula is C18H16ClNO4S. The first kappa shape index (κ1) is 17.6. The predicted molar refractivity (Wildman–Crippen MR) is 99.0 cm³/mol. The van der Waals surface area contributed by atoms with E-state index in [1.54, 1.807) is 44.6 Å². The summed E-state index contributed by atoms with van der Waals surface area (Å²) in [7, 11) is 3.10. The summed E-state index contributed by atoms with van der Waals surface area (Å²) in [6.07, 6.45) is 0.358. The van der Waals surface area contributed by atoms with E-state index < -0.39 is 5.25 Å². The van der Waals surface area contributed by atoms with E-state index in [2.05, 4.69) is 0 Å². The molecule has 0 radical (unpaired) electrons. The van der Waals surface area contributed by atoms with Crippen molar-refractivity contribution in [2.45, 2.75) is 11.7 Å². The third-order valence-corrected chi connectivity index (χ3v) is 5.26. The lowest BCUT2D eigenvalue weighted by Gasteiger charge is -2.16. The van der Waals surface area contributed by atoms with Gasteiger partial charge in [0.25, 0.3) is 5.24 Å². The molecule has 130 valence electrons. The number of ether oxygens (including phenoxy) is 2. The van der Waals surface area contributed by atoms with Crippen LogP contribution in [0.15, 0.2) is 42.5 Å². The number of halogens is 1. The number of methoxy groups -OCH3 is 2. The summed E-state index contributed by atoms with van der Waals surface area (Å²) >= 11 is 7.13. The van der Waals surface area contributed by atoms with Gasteiger partial charge in [-0.1, -0.05) is 47.6 Å². The van der Waals surface area contributed by atoms with E-state index in [1.807, 2.05) is 12.1 Å². The van der Waals surface area contributed by atoms with Gasteiger partial charge in [0.05, 0.1) is 30.2 Å². The number of nitrogens with zero attached hydrogens (tertiary/aromatic N) is 1. The SMILES string of the molecule is COc1cccc(C[C@@H]2SC(=O)N(c3ccccc3Cl)C2=O)c1OC. The minimum atomic E-state index is -0.537. The molecule has 1 aliphatic heterocycles. The van der Waals surface area contributed by atoms with Crippen molar-refractivity contribution in [3.63, 3.8) is 0 Å². The van der Waals surface area contributed by atoms with Crippen molar-refractivity contribution >= 4 is 40.2 Å². The Morgan fingerprint density at radius 3 is 2.52 bits per heavy atom. The van der Waals surface area contributed by atoms with Crippen LogP contribution in [0.25, 0.3) is 0 Å². The molecular weight excluding hydrogens is 362 g/mol. The molecule has 0 aliphatic carbocycles. The molecule has 0 aromatic heterocycles. The van der Waals surface area contributed by atoms with Gasteiger partial charge >= 0.3 is 0 Å². The molecule has 1 fully saturated rings. The third kappa shape index (κ3) is 3.32. The maximum atomic E-state index is 12.8. The number of anilines is 1. The average Bonchev–Trinajstić information content (AvgIpc) is 2.89. The molecule has 2 aromatic rings. The van der Waals surface area contributed by atoms with Gasteiger partial charge in [0.15, 0.2) is 11.5 Å². The predicted octanol–water partition coefficient (Wildman–Crippen LogP) is 4.17. The van der Waals surface area contributed by atoms with E-state index in [0.717, 1.165) is 22.2 Å². The Labute approximate surface area is 154 Å². The first-order chi connectivity index (χ1) is 12.1. The van der Waals surface area contributed by atoms with Gasteiger partial charge in [-0.15, -0.1) is 0 Å². The number of thioether (sulfide) groups is 1. The van der Waals surface area contributed by atoms with Gasteiger partial charge in [-0.2, -0.15) is 0 Å². The normalized spacial score (nSPS) is 17.1. The zero-order chi connectivity index (χ0) is 18.0. The van der Waals surface area contributed by atoms with E-state index in [-0.39, 0.29) is 11.1 Å². The van der Waals surface area contributed by atoms with Gasteiger partial charge in [0.1, 0.15) is 0 Å². The molecule has 2 aromatic carbocycles. The number of hydrogen-bond acceptors (Lipinski definition) is 5. The second kappa shape index (κ2) is 7.37. The van der Waals surface area contributed by atoms with E-state index in [1.165, 1.54) is 0 Å². The number of carbonyl (C=O) groups excluding carboxylic acids is 2. The van der Waals surface area contributed by atoms with Crippen molar-refractivity contribution in [3.05, 3.63) is 53.1 Å². The van der Waals surface area contributed by atoms with Crippen LogP contribution in [-0.4, -0.2) is 30.6 Å². The standard InChI is InChI=1S/C18H16ClNO4S/c1-23-14-9-5-6-11(16(14)24-2)10-15-17(21)20(18(22)25-15)13-8-4-3-7-12(13)19/h3-9,15H,10H2,1-2H3/t15-/m0/s1. The second-order valence-corrected chi connectivity index (χ2v) is 6.92. The van der Waals surface area contributed by atoms with Crippen molar-refractivity contribution in [1.29, 1.82) is 0 Å². The van der Waals surface area contributed by atoms with Crippen LogP contribution >= 0.6 is 23.4 Å². The number of para-hydroxylation sites is 2. The molecule has 1 saturated heterocycles. The highest BCUT2D eigenvalue weighted by molar-refractivity contribution is 8.15. The molecule has 3 rings (SSSR count). The van der Waals surface area contributed by atoms with Crippen LogP contribution in [0, 0.1) is 0 Å². The minimum absolute atomic E-state index is 0.284. The van der Waals surface area contributed by atoms with Crippen LogP contribution in [0.2, 0.25) is 5.02 Å². The first-order valence-electron chi connectivity index (χ1n) is 7.55. The monoisotopic (exact) mass is 377 g/mol. The van der Waals surface area contributed by atoms with Gasteiger partial charge < -0.3 is 9.47 Å². The molecule has 0 bridgehead atoms. The molecule has 0 unspecified atom stereocenters. The summed E-state index contributed by atoms with van der Waals surface area (Å²) in [5.41, 5.74) is 1.22. The zero-order valence-electron chi connectivity index (χ0n) is 13.7. The quantitative estimate of drug-likeness (QED) is 0.782. The largest absolute Gasteiger partial charge is 0.493 e. The molecule has 2 amide bonds. The molecule has 1 heterocycles. The molecule has 25 heavy (non-hydrogen) atoms. The van der Waals surface area contributed by atoms with Crippen molar-refractivity contribution < 1.29 is 19.1 Å². The Balaban J connectivity index is 1.88. The van der Waals surface area contributed by atoms with Crippen LogP contribution in [0.4, 0.5) is 10.5 Å². The van der Waals surface area contributed by atoms with Crippen LogP contribution in [0.1, 0.15) is 5.56 Å².